The molecule has 1 aromatic carbocycles. The number of hydrogen-bond donors (Lipinski definition) is 1. The lowest BCUT2D eigenvalue weighted by molar-refractivity contribution is 0.403. The van der Waals surface area contributed by atoms with Crippen LogP contribution in [0, 0.1) is 11.6 Å². The summed E-state index contributed by atoms with van der Waals surface area (Å²) < 4.78 is 28.8. The molecule has 0 atom stereocenters. The maximum Gasteiger partial charge on any atom is 0.293 e. The molecule has 1 fully saturated rings. The predicted molar refractivity (Wildman–Crippen MR) is 87.9 cm³/mol. The third kappa shape index (κ3) is 3.46. The summed E-state index contributed by atoms with van der Waals surface area (Å²) in [7, 11) is 1.70. The summed E-state index contributed by atoms with van der Waals surface area (Å²) in [6, 6.07) is 4.05. The van der Waals surface area contributed by atoms with Crippen molar-refractivity contribution in [2.45, 2.75) is 25.4 Å². The van der Waals surface area contributed by atoms with E-state index in [2.05, 4.69) is 10.3 Å². The number of halogens is 2. The summed E-state index contributed by atoms with van der Waals surface area (Å²) in [5.74, 6) is -0.604. The number of aromatic nitrogens is 2. The smallest absolute Gasteiger partial charge is 0.293 e. The van der Waals surface area contributed by atoms with Crippen molar-refractivity contribution in [3.8, 4) is 0 Å². The van der Waals surface area contributed by atoms with E-state index in [1.807, 2.05) is 4.90 Å². The van der Waals surface area contributed by atoms with E-state index in [1.165, 1.54) is 22.8 Å². The van der Waals surface area contributed by atoms with Crippen LogP contribution in [0.1, 0.15) is 18.4 Å². The largest absolute Gasteiger partial charge is 0.352 e. The van der Waals surface area contributed by atoms with E-state index in [-0.39, 0.29) is 23.7 Å². The molecule has 1 aliphatic rings. The van der Waals surface area contributed by atoms with Gasteiger partial charge in [0, 0.05) is 50.7 Å². The highest BCUT2D eigenvalue weighted by atomic mass is 19.1. The van der Waals surface area contributed by atoms with Crippen LogP contribution in [0.15, 0.2) is 35.4 Å². The van der Waals surface area contributed by atoms with Gasteiger partial charge < -0.3 is 14.8 Å². The Hall–Kier alpha value is -2.28. The molecule has 1 saturated heterocycles. The average molecular weight is 334 g/mol. The predicted octanol–water partition coefficient (Wildman–Crippen LogP) is 1.82. The number of anilines is 1. The normalized spacial score (nSPS) is 15.7. The number of nitrogens with zero attached hydrogens (tertiary/aromatic N) is 3. The van der Waals surface area contributed by atoms with Crippen LogP contribution < -0.4 is 15.8 Å². The Morgan fingerprint density at radius 3 is 2.58 bits per heavy atom. The van der Waals surface area contributed by atoms with Gasteiger partial charge in [0.1, 0.15) is 11.6 Å². The number of hydrogen-bond acceptors (Lipinski definition) is 4. The molecular weight excluding hydrogens is 314 g/mol. The van der Waals surface area contributed by atoms with E-state index in [9.17, 15) is 13.6 Å². The minimum Gasteiger partial charge on any atom is -0.352 e. The molecule has 0 unspecified atom stereocenters. The Morgan fingerprint density at radius 2 is 1.92 bits per heavy atom. The molecule has 0 aliphatic carbocycles. The monoisotopic (exact) mass is 334 g/mol. The summed E-state index contributed by atoms with van der Waals surface area (Å²) in [6.45, 7) is 1.53. The lowest BCUT2D eigenvalue weighted by atomic mass is 10.0. The second kappa shape index (κ2) is 7.09. The fourth-order valence-electron chi connectivity index (χ4n) is 2.94. The zero-order chi connectivity index (χ0) is 17.1. The Morgan fingerprint density at radius 1 is 1.25 bits per heavy atom. The molecule has 2 heterocycles. The van der Waals surface area contributed by atoms with Gasteiger partial charge in [0.15, 0.2) is 5.82 Å². The first-order valence-electron chi connectivity index (χ1n) is 7.99. The molecule has 5 nitrogen and oxygen atoms in total. The third-order valence-electron chi connectivity index (χ3n) is 4.42. The number of benzene rings is 1. The Balaban J connectivity index is 1.58. The molecule has 1 aliphatic heterocycles. The van der Waals surface area contributed by atoms with Crippen LogP contribution in [0.4, 0.5) is 14.6 Å². The van der Waals surface area contributed by atoms with Gasteiger partial charge in [-0.15, -0.1) is 0 Å². The van der Waals surface area contributed by atoms with E-state index < -0.39 is 11.6 Å². The van der Waals surface area contributed by atoms with Crippen molar-refractivity contribution in [3.05, 3.63) is 58.1 Å². The lowest BCUT2D eigenvalue weighted by Crippen LogP contribution is -2.44. The van der Waals surface area contributed by atoms with Gasteiger partial charge in [0.2, 0.25) is 0 Å². The Kier molecular flexibility index (Phi) is 4.89. The molecule has 1 N–H and O–H groups in total. The zero-order valence-electron chi connectivity index (χ0n) is 13.5. The van der Waals surface area contributed by atoms with E-state index in [1.54, 1.807) is 19.4 Å². The lowest BCUT2D eigenvalue weighted by Gasteiger charge is -2.32. The van der Waals surface area contributed by atoms with Gasteiger partial charge in [-0.05, 0) is 25.0 Å². The molecule has 0 bridgehead atoms. The minimum absolute atomic E-state index is 0.0681. The fourth-order valence-corrected chi connectivity index (χ4v) is 2.94. The molecule has 7 heteroatoms. The van der Waals surface area contributed by atoms with Gasteiger partial charge in [-0.1, -0.05) is 6.07 Å². The first-order valence-corrected chi connectivity index (χ1v) is 7.99. The summed E-state index contributed by atoms with van der Waals surface area (Å²) in [4.78, 5) is 18.2. The van der Waals surface area contributed by atoms with E-state index in [0.717, 1.165) is 12.8 Å². The second-order valence-electron chi connectivity index (χ2n) is 6.01. The van der Waals surface area contributed by atoms with Gasteiger partial charge in [0.05, 0.1) is 0 Å². The molecule has 0 saturated carbocycles. The van der Waals surface area contributed by atoms with Gasteiger partial charge in [-0.2, -0.15) is 0 Å². The van der Waals surface area contributed by atoms with Crippen LogP contribution in [0.5, 0.6) is 0 Å². The van der Waals surface area contributed by atoms with Crippen molar-refractivity contribution in [3.63, 3.8) is 0 Å². The van der Waals surface area contributed by atoms with Gasteiger partial charge in [-0.25, -0.2) is 13.8 Å². The third-order valence-corrected chi connectivity index (χ3v) is 4.42. The highest BCUT2D eigenvalue weighted by molar-refractivity contribution is 5.36. The molecule has 3 rings (SSSR count). The van der Waals surface area contributed by atoms with Crippen LogP contribution >= 0.6 is 0 Å². The standard InChI is InChI=1S/C17H20F2N4O/c1-22-10-7-20-16(17(22)24)23-8-5-12(6-9-23)21-11-13-14(18)3-2-4-15(13)19/h2-4,7,10,12,21H,5-6,8-9,11H2,1H3. The molecule has 0 spiro atoms. The molecule has 1 aromatic heterocycles. The Labute approximate surface area is 138 Å². The molecule has 128 valence electrons. The van der Waals surface area contributed by atoms with Crippen molar-refractivity contribution in [2.24, 2.45) is 7.05 Å². The average Bonchev–Trinajstić information content (AvgIpc) is 2.58. The molecule has 0 amide bonds. The summed E-state index contributed by atoms with van der Waals surface area (Å²) in [5, 5.41) is 3.21. The molecule has 24 heavy (non-hydrogen) atoms. The second-order valence-corrected chi connectivity index (χ2v) is 6.01. The fraction of sp³-hybridized carbons (Fsp3) is 0.412. The van der Waals surface area contributed by atoms with Gasteiger partial charge in [0.25, 0.3) is 5.56 Å². The van der Waals surface area contributed by atoms with Crippen LogP contribution in [-0.4, -0.2) is 28.7 Å². The SMILES string of the molecule is Cn1ccnc(N2CCC(NCc3c(F)cccc3F)CC2)c1=O. The summed E-state index contributed by atoms with van der Waals surface area (Å²) in [5.41, 5.74) is -0.0455. The van der Waals surface area contributed by atoms with E-state index in [4.69, 9.17) is 0 Å². The highest BCUT2D eigenvalue weighted by Gasteiger charge is 2.22. The number of piperidine rings is 1. The van der Waals surface area contributed by atoms with Crippen molar-refractivity contribution < 1.29 is 8.78 Å². The minimum atomic E-state index is -0.531. The summed E-state index contributed by atoms with van der Waals surface area (Å²) >= 11 is 0. The van der Waals surface area contributed by atoms with Crippen molar-refractivity contribution in [1.82, 2.24) is 14.9 Å². The summed E-state index contributed by atoms with van der Waals surface area (Å²) in [6.07, 6.45) is 4.82. The topological polar surface area (TPSA) is 50.2 Å². The van der Waals surface area contributed by atoms with Gasteiger partial charge in [-0.3, -0.25) is 4.79 Å². The molecular formula is C17H20F2N4O. The zero-order valence-corrected chi connectivity index (χ0v) is 13.5. The highest BCUT2D eigenvalue weighted by Crippen LogP contribution is 2.17. The van der Waals surface area contributed by atoms with Crippen molar-refractivity contribution >= 4 is 5.82 Å². The molecule has 0 radical (unpaired) electrons. The van der Waals surface area contributed by atoms with Crippen LogP contribution in [0.2, 0.25) is 0 Å². The van der Waals surface area contributed by atoms with Crippen molar-refractivity contribution in [2.75, 3.05) is 18.0 Å². The number of nitrogens with one attached hydrogen (secondary N) is 1. The molecule has 2 aromatic rings. The number of aryl methyl sites for hydroxylation is 1. The number of rotatable bonds is 4. The van der Waals surface area contributed by atoms with Crippen LogP contribution in [0.3, 0.4) is 0 Å². The quantitative estimate of drug-likeness (QED) is 0.927. The van der Waals surface area contributed by atoms with Crippen molar-refractivity contribution in [1.29, 1.82) is 0 Å². The maximum atomic E-state index is 13.6. The first-order chi connectivity index (χ1) is 11.6. The Bertz CT molecular complexity index is 749. The van der Waals surface area contributed by atoms with Gasteiger partial charge >= 0.3 is 0 Å². The van der Waals surface area contributed by atoms with E-state index in [0.29, 0.717) is 18.9 Å². The first kappa shape index (κ1) is 16.6. The van der Waals surface area contributed by atoms with Crippen LogP contribution in [0.25, 0.3) is 0 Å². The van der Waals surface area contributed by atoms with E-state index >= 15 is 0 Å². The van der Waals surface area contributed by atoms with Crippen LogP contribution in [-0.2, 0) is 13.6 Å². The maximum absolute atomic E-state index is 13.6.